The summed E-state index contributed by atoms with van der Waals surface area (Å²) in [7, 11) is -4.31. The van der Waals surface area contributed by atoms with Crippen LogP contribution in [0.15, 0.2) is 59.6 Å². The lowest BCUT2D eigenvalue weighted by Crippen LogP contribution is -2.19. The summed E-state index contributed by atoms with van der Waals surface area (Å²) in [5.74, 6) is -0.995. The van der Waals surface area contributed by atoms with Gasteiger partial charge in [-0.05, 0) is 36.8 Å². The minimum Gasteiger partial charge on any atom is -0.319 e. The van der Waals surface area contributed by atoms with Gasteiger partial charge in [0, 0.05) is 5.39 Å². The molecular weight excluding hydrogens is 497 g/mol. The second kappa shape index (κ2) is 9.06. The second-order valence-corrected chi connectivity index (χ2v) is 9.31. The van der Waals surface area contributed by atoms with Crippen molar-refractivity contribution in [2.24, 2.45) is 5.14 Å². The highest BCUT2D eigenvalue weighted by Gasteiger charge is 2.39. The topological polar surface area (TPSA) is 144 Å². The van der Waals surface area contributed by atoms with Gasteiger partial charge >= 0.3 is 6.18 Å². The van der Waals surface area contributed by atoms with Crippen LogP contribution in [0.25, 0.3) is 10.9 Å². The summed E-state index contributed by atoms with van der Waals surface area (Å²) in [6.07, 6.45) is -4.89. The monoisotopic (exact) mass is 514 g/mol. The van der Waals surface area contributed by atoms with E-state index in [-0.39, 0.29) is 28.7 Å². The number of para-hydroxylation sites is 1. The molecule has 0 spiro atoms. The number of pyridine rings is 1. The van der Waals surface area contributed by atoms with Crippen molar-refractivity contribution >= 4 is 32.5 Å². The van der Waals surface area contributed by atoms with E-state index in [4.69, 9.17) is 10.4 Å². The van der Waals surface area contributed by atoms with Gasteiger partial charge in [0.1, 0.15) is 0 Å². The Labute approximate surface area is 203 Å². The van der Waals surface area contributed by atoms with E-state index >= 15 is 0 Å². The lowest BCUT2D eigenvalue weighted by molar-refractivity contribution is -0.140. The number of nitrogens with two attached hydrogens (primary N) is 1. The first-order valence-electron chi connectivity index (χ1n) is 10.3. The molecule has 4 aromatic rings. The first-order chi connectivity index (χ1) is 16.9. The molecule has 0 saturated heterocycles. The molecule has 3 N–H and O–H groups in total. The van der Waals surface area contributed by atoms with Crippen molar-refractivity contribution < 1.29 is 26.4 Å². The van der Waals surface area contributed by atoms with Crippen LogP contribution >= 0.6 is 0 Å². The van der Waals surface area contributed by atoms with Crippen molar-refractivity contribution in [1.29, 1.82) is 5.26 Å². The Bertz CT molecular complexity index is 1640. The number of amides is 1. The predicted molar refractivity (Wildman–Crippen MR) is 123 cm³/mol. The number of nitriles is 1. The fraction of sp³-hybridized carbons (Fsp3) is 0.130. The van der Waals surface area contributed by atoms with E-state index in [9.17, 15) is 26.4 Å². The molecule has 2 aromatic heterocycles. The molecule has 0 bridgehead atoms. The molecule has 2 aromatic carbocycles. The maximum Gasteiger partial charge on any atom is 0.437 e. The van der Waals surface area contributed by atoms with Crippen LogP contribution < -0.4 is 10.5 Å². The van der Waals surface area contributed by atoms with Crippen LogP contribution in [0, 0.1) is 18.3 Å². The van der Waals surface area contributed by atoms with Gasteiger partial charge in [-0.1, -0.05) is 30.3 Å². The van der Waals surface area contributed by atoms with Gasteiger partial charge in [-0.25, -0.2) is 18.5 Å². The lowest BCUT2D eigenvalue weighted by Gasteiger charge is -2.12. The molecule has 0 aliphatic heterocycles. The number of aromatic nitrogens is 3. The van der Waals surface area contributed by atoms with E-state index in [1.807, 2.05) is 6.07 Å². The van der Waals surface area contributed by atoms with Crippen LogP contribution in [0.3, 0.4) is 0 Å². The van der Waals surface area contributed by atoms with Crippen molar-refractivity contribution in [3.05, 3.63) is 82.7 Å². The average molecular weight is 514 g/mol. The Morgan fingerprint density at radius 1 is 1.17 bits per heavy atom. The van der Waals surface area contributed by atoms with Crippen molar-refractivity contribution in [2.75, 3.05) is 5.32 Å². The summed E-state index contributed by atoms with van der Waals surface area (Å²) in [4.78, 5) is 17.1. The normalized spacial score (nSPS) is 11.9. The zero-order valence-electron chi connectivity index (χ0n) is 18.5. The van der Waals surface area contributed by atoms with Crippen LogP contribution in [0.4, 0.5) is 18.9 Å². The first-order valence-corrected chi connectivity index (χ1v) is 11.8. The van der Waals surface area contributed by atoms with Crippen molar-refractivity contribution in [3.63, 3.8) is 0 Å². The number of hydrogen-bond donors (Lipinski definition) is 2. The SMILES string of the molecule is Cc1c(NC(=O)c2cc(S(N)(=O)=O)nc3ccccc23)c(C(F)(F)F)nn1Cc1ccc(C#N)cc1. The molecule has 2 heterocycles. The van der Waals surface area contributed by atoms with Crippen LogP contribution in [0.2, 0.25) is 0 Å². The first kappa shape index (κ1) is 24.8. The van der Waals surface area contributed by atoms with Gasteiger partial charge in [0.2, 0.25) is 0 Å². The molecule has 0 saturated carbocycles. The van der Waals surface area contributed by atoms with Crippen LogP contribution in [-0.4, -0.2) is 29.1 Å². The predicted octanol–water partition coefficient (Wildman–Crippen LogP) is 3.58. The number of benzene rings is 2. The lowest BCUT2D eigenvalue weighted by atomic mass is 10.1. The summed E-state index contributed by atoms with van der Waals surface area (Å²) in [5.41, 5.74) is -0.987. The molecule has 0 radical (unpaired) electrons. The van der Waals surface area contributed by atoms with E-state index in [0.717, 1.165) is 10.7 Å². The highest BCUT2D eigenvalue weighted by molar-refractivity contribution is 7.89. The quantitative estimate of drug-likeness (QED) is 0.417. The summed E-state index contributed by atoms with van der Waals surface area (Å²) in [5, 5.41) is 19.6. The summed E-state index contributed by atoms with van der Waals surface area (Å²) in [6, 6.07) is 15.2. The number of alkyl halides is 3. The molecule has 9 nitrogen and oxygen atoms in total. The van der Waals surface area contributed by atoms with Gasteiger partial charge in [0.25, 0.3) is 15.9 Å². The number of sulfonamides is 1. The van der Waals surface area contributed by atoms with Gasteiger partial charge in [0.15, 0.2) is 10.7 Å². The largest absolute Gasteiger partial charge is 0.437 e. The van der Waals surface area contributed by atoms with Crippen LogP contribution in [0.1, 0.15) is 32.9 Å². The zero-order valence-corrected chi connectivity index (χ0v) is 19.4. The van der Waals surface area contributed by atoms with Gasteiger partial charge in [-0.3, -0.25) is 9.48 Å². The fourth-order valence-corrected chi connectivity index (χ4v) is 4.08. The number of fused-ring (bicyclic) bond motifs is 1. The van der Waals surface area contributed by atoms with Gasteiger partial charge in [-0.15, -0.1) is 0 Å². The van der Waals surface area contributed by atoms with E-state index in [2.05, 4.69) is 15.4 Å². The fourth-order valence-electron chi connectivity index (χ4n) is 3.57. The van der Waals surface area contributed by atoms with Gasteiger partial charge in [-0.2, -0.15) is 23.5 Å². The van der Waals surface area contributed by atoms with E-state index in [1.165, 1.54) is 31.2 Å². The highest BCUT2D eigenvalue weighted by atomic mass is 32.2. The highest BCUT2D eigenvalue weighted by Crippen LogP contribution is 2.36. The number of carbonyl (C=O) groups is 1. The molecule has 0 aliphatic carbocycles. The minimum atomic E-state index is -4.89. The summed E-state index contributed by atoms with van der Waals surface area (Å²) >= 11 is 0. The Kier molecular flexibility index (Phi) is 6.25. The Balaban J connectivity index is 1.77. The number of anilines is 1. The van der Waals surface area contributed by atoms with E-state index in [0.29, 0.717) is 11.1 Å². The Hall–Kier alpha value is -4.28. The third-order valence-corrected chi connectivity index (χ3v) is 6.15. The zero-order chi connectivity index (χ0) is 26.3. The van der Waals surface area contributed by atoms with Crippen LogP contribution in [0.5, 0.6) is 0 Å². The number of nitrogens with zero attached hydrogens (tertiary/aromatic N) is 4. The third kappa shape index (κ3) is 4.90. The number of halogens is 3. The molecular formula is C23H17F3N6O3S. The molecule has 36 heavy (non-hydrogen) atoms. The summed E-state index contributed by atoms with van der Waals surface area (Å²) in [6.45, 7) is 1.31. The van der Waals surface area contributed by atoms with Gasteiger partial charge < -0.3 is 5.32 Å². The molecule has 13 heteroatoms. The maximum absolute atomic E-state index is 13.8. The Morgan fingerprint density at radius 2 is 1.83 bits per heavy atom. The molecule has 0 fully saturated rings. The van der Waals surface area contributed by atoms with Crippen molar-refractivity contribution in [2.45, 2.75) is 24.7 Å². The average Bonchev–Trinajstić information content (AvgIpc) is 3.13. The van der Waals surface area contributed by atoms with E-state index in [1.54, 1.807) is 24.3 Å². The summed E-state index contributed by atoms with van der Waals surface area (Å²) < 4.78 is 66.3. The number of nitrogens with one attached hydrogen (secondary N) is 1. The number of rotatable bonds is 5. The third-order valence-electron chi connectivity index (χ3n) is 5.36. The maximum atomic E-state index is 13.8. The molecule has 0 atom stereocenters. The number of hydrogen-bond acceptors (Lipinski definition) is 6. The van der Waals surface area contributed by atoms with E-state index < -0.39 is 38.5 Å². The molecule has 0 unspecified atom stereocenters. The van der Waals surface area contributed by atoms with Crippen molar-refractivity contribution in [3.8, 4) is 6.07 Å². The second-order valence-electron chi connectivity index (χ2n) is 7.80. The Morgan fingerprint density at radius 3 is 2.44 bits per heavy atom. The number of primary sulfonamides is 1. The molecule has 0 aliphatic rings. The molecule has 4 rings (SSSR count). The molecule has 1 amide bonds. The molecule has 184 valence electrons. The minimum absolute atomic E-state index is 0.0186. The smallest absolute Gasteiger partial charge is 0.319 e. The van der Waals surface area contributed by atoms with Crippen LogP contribution in [-0.2, 0) is 22.7 Å². The number of carbonyl (C=O) groups excluding carboxylic acids is 1. The standard InChI is InChI=1S/C23H17F3N6O3S/c1-13-20(21(23(24,25)26)31-32(13)12-15-8-6-14(11-27)7-9-15)30-22(33)17-10-19(36(28,34)35)29-18-5-3-2-4-16(17)18/h2-10H,12H2,1H3,(H,30,33)(H2,28,34,35). The van der Waals surface area contributed by atoms with Gasteiger partial charge in [0.05, 0.1) is 40.6 Å². The van der Waals surface area contributed by atoms with Crippen molar-refractivity contribution in [1.82, 2.24) is 14.8 Å².